The van der Waals surface area contributed by atoms with E-state index < -0.39 is 11.6 Å². The van der Waals surface area contributed by atoms with Crippen LogP contribution in [0.15, 0.2) is 41.8 Å². The number of carbonyl (C=O) groups is 2. The monoisotopic (exact) mass is 525 g/mol. The highest BCUT2D eigenvalue weighted by molar-refractivity contribution is 8.00. The number of aryl methyl sites for hydroxylation is 1. The van der Waals surface area contributed by atoms with E-state index in [-0.39, 0.29) is 12.5 Å². The average molecular weight is 526 g/mol. The summed E-state index contributed by atoms with van der Waals surface area (Å²) in [6.07, 6.45) is 0.375. The number of hydrogen-bond donors (Lipinski definition) is 1. The number of thiophene rings is 1. The van der Waals surface area contributed by atoms with Crippen LogP contribution in [0.5, 0.6) is 0 Å². The number of amides is 2. The van der Waals surface area contributed by atoms with Gasteiger partial charge in [-0.05, 0) is 61.7 Å². The number of thioether (sulfide) groups is 1. The first-order chi connectivity index (χ1) is 17.5. The van der Waals surface area contributed by atoms with Crippen LogP contribution in [0.2, 0.25) is 0 Å². The van der Waals surface area contributed by atoms with Crippen molar-refractivity contribution in [3.8, 4) is 0 Å². The molecule has 1 unspecified atom stereocenters. The van der Waals surface area contributed by atoms with Gasteiger partial charge in [-0.1, -0.05) is 18.2 Å². The molecule has 8 nitrogen and oxygen atoms in total. The van der Waals surface area contributed by atoms with E-state index in [0.29, 0.717) is 5.56 Å². The molecule has 2 amide bonds. The highest BCUT2D eigenvalue weighted by atomic mass is 32.2. The molecule has 0 spiro atoms. The summed E-state index contributed by atoms with van der Waals surface area (Å²) >= 11 is 3.08. The van der Waals surface area contributed by atoms with Crippen molar-refractivity contribution in [3.05, 3.63) is 52.9 Å². The van der Waals surface area contributed by atoms with Gasteiger partial charge in [0.05, 0.1) is 17.7 Å². The third-order valence-electron chi connectivity index (χ3n) is 6.54. The Morgan fingerprint density at radius 2 is 2.00 bits per heavy atom. The summed E-state index contributed by atoms with van der Waals surface area (Å²) in [6.45, 7) is 8.74. The quantitative estimate of drug-likeness (QED) is 0.439. The molecular weight excluding hydrogens is 494 g/mol. The lowest BCUT2D eigenvalue weighted by atomic mass is 10.1. The third kappa shape index (κ3) is 5.16. The van der Waals surface area contributed by atoms with Crippen LogP contribution in [0.25, 0.3) is 10.9 Å². The van der Waals surface area contributed by atoms with Gasteiger partial charge in [-0.2, -0.15) is 0 Å². The van der Waals surface area contributed by atoms with Crippen LogP contribution in [0.3, 0.4) is 0 Å². The standard InChI is InChI=1S/C26H31N5O3S2/c1-3-34-26(33)31-24(32)22-18(2)17-36-23(22)28-25(31)35-16-6-11-29-12-14-30(15-13-29)21-10-9-19-7-4-5-8-20(19)27-21/h4-5,7-10,17,25,28H,3,6,11-16H2,1-2H3. The van der Waals surface area contributed by atoms with Gasteiger partial charge in [-0.25, -0.2) is 14.7 Å². The van der Waals surface area contributed by atoms with Gasteiger partial charge in [-0.15, -0.1) is 23.1 Å². The molecule has 0 saturated carbocycles. The molecule has 2 aliphatic heterocycles. The van der Waals surface area contributed by atoms with Gasteiger partial charge in [-0.3, -0.25) is 9.69 Å². The highest BCUT2D eigenvalue weighted by Crippen LogP contribution is 2.37. The number of aromatic nitrogens is 1. The number of hydrogen-bond acceptors (Lipinski definition) is 9. The first kappa shape index (κ1) is 24.9. The fraction of sp³-hybridized carbons (Fsp3) is 0.423. The van der Waals surface area contributed by atoms with Gasteiger partial charge in [0.2, 0.25) is 0 Å². The zero-order chi connectivity index (χ0) is 25.1. The number of carbonyl (C=O) groups excluding carboxylic acids is 2. The summed E-state index contributed by atoms with van der Waals surface area (Å²) in [4.78, 5) is 36.6. The molecule has 3 aromatic rings. The molecule has 2 aromatic heterocycles. The predicted molar refractivity (Wildman–Crippen MR) is 147 cm³/mol. The normalized spacial score (nSPS) is 18.3. The van der Waals surface area contributed by atoms with E-state index in [4.69, 9.17) is 9.72 Å². The maximum Gasteiger partial charge on any atom is 0.419 e. The Hall–Kier alpha value is -2.82. The van der Waals surface area contributed by atoms with Crippen LogP contribution in [0, 0.1) is 6.92 Å². The zero-order valence-corrected chi connectivity index (χ0v) is 22.2. The number of piperazine rings is 1. The molecule has 0 bridgehead atoms. The first-order valence-electron chi connectivity index (χ1n) is 12.3. The van der Waals surface area contributed by atoms with Crippen LogP contribution in [0.4, 0.5) is 15.6 Å². The summed E-state index contributed by atoms with van der Waals surface area (Å²) in [7, 11) is 0. The topological polar surface area (TPSA) is 78.0 Å². The second kappa shape index (κ2) is 11.1. The molecule has 0 radical (unpaired) electrons. The molecule has 190 valence electrons. The van der Waals surface area contributed by atoms with Crippen LogP contribution in [-0.4, -0.2) is 77.4 Å². The fourth-order valence-corrected chi connectivity index (χ4v) is 6.71. The van der Waals surface area contributed by atoms with Crippen molar-refractivity contribution in [2.24, 2.45) is 0 Å². The Kier molecular flexibility index (Phi) is 7.64. The number of pyridine rings is 1. The minimum absolute atomic E-state index is 0.232. The van der Waals surface area contributed by atoms with Crippen LogP contribution < -0.4 is 10.2 Å². The van der Waals surface area contributed by atoms with Gasteiger partial charge in [0.15, 0.2) is 5.50 Å². The number of fused-ring (bicyclic) bond motifs is 2. The van der Waals surface area contributed by atoms with E-state index in [1.807, 2.05) is 24.4 Å². The van der Waals surface area contributed by atoms with Gasteiger partial charge in [0.1, 0.15) is 10.8 Å². The number of ether oxygens (including phenoxy) is 1. The maximum atomic E-state index is 13.1. The summed E-state index contributed by atoms with van der Waals surface area (Å²) < 4.78 is 5.18. The van der Waals surface area contributed by atoms with E-state index in [0.717, 1.165) is 66.8 Å². The second-order valence-electron chi connectivity index (χ2n) is 8.91. The first-order valence-corrected chi connectivity index (χ1v) is 14.3. The number of para-hydroxylation sites is 1. The Bertz CT molecular complexity index is 1240. The molecule has 1 aromatic carbocycles. The maximum absolute atomic E-state index is 13.1. The van der Waals surface area contributed by atoms with Gasteiger partial charge >= 0.3 is 6.09 Å². The van der Waals surface area contributed by atoms with Crippen molar-refractivity contribution in [3.63, 3.8) is 0 Å². The van der Waals surface area contributed by atoms with E-state index in [9.17, 15) is 9.59 Å². The van der Waals surface area contributed by atoms with Crippen LogP contribution in [0.1, 0.15) is 29.3 Å². The summed E-state index contributed by atoms with van der Waals surface area (Å²) in [5.74, 6) is 1.59. The zero-order valence-electron chi connectivity index (χ0n) is 20.6. The SMILES string of the molecule is CCOC(=O)N1C(=O)c2c(C)csc2NC1SCCCN1CCN(c2ccc3ccccc3n2)CC1. The van der Waals surface area contributed by atoms with Crippen molar-refractivity contribution < 1.29 is 14.3 Å². The Morgan fingerprint density at radius 1 is 1.19 bits per heavy atom. The molecule has 5 rings (SSSR count). The number of imide groups is 1. The molecule has 1 atom stereocenters. The molecule has 2 aliphatic rings. The van der Waals surface area contributed by atoms with Crippen molar-refractivity contribution in [1.29, 1.82) is 0 Å². The smallest absolute Gasteiger partial charge is 0.419 e. The lowest BCUT2D eigenvalue weighted by molar-refractivity contribution is 0.0656. The van der Waals surface area contributed by atoms with E-state index in [1.165, 1.54) is 21.6 Å². The minimum atomic E-state index is -0.595. The molecule has 10 heteroatoms. The lowest BCUT2D eigenvalue weighted by Crippen LogP contribution is -2.50. The number of nitrogens with one attached hydrogen (secondary N) is 1. The number of rotatable bonds is 7. The second-order valence-corrected chi connectivity index (χ2v) is 11.0. The summed E-state index contributed by atoms with van der Waals surface area (Å²) in [5.41, 5.74) is 2.02. The number of benzene rings is 1. The van der Waals surface area contributed by atoms with E-state index in [1.54, 1.807) is 18.7 Å². The predicted octanol–water partition coefficient (Wildman–Crippen LogP) is 4.86. The third-order valence-corrected chi connectivity index (χ3v) is 8.73. The molecule has 1 N–H and O–H groups in total. The van der Waals surface area contributed by atoms with Crippen molar-refractivity contribution in [2.45, 2.75) is 25.8 Å². The minimum Gasteiger partial charge on any atom is -0.449 e. The van der Waals surface area contributed by atoms with Crippen LogP contribution in [-0.2, 0) is 4.74 Å². The molecule has 0 aliphatic carbocycles. The molecule has 1 saturated heterocycles. The van der Waals surface area contributed by atoms with Crippen molar-refractivity contribution in [1.82, 2.24) is 14.8 Å². The largest absolute Gasteiger partial charge is 0.449 e. The average Bonchev–Trinajstić information content (AvgIpc) is 3.27. The van der Waals surface area contributed by atoms with Gasteiger partial charge < -0.3 is 15.0 Å². The Balaban J connectivity index is 1.11. The fourth-order valence-electron chi connectivity index (χ4n) is 4.62. The molecule has 1 fully saturated rings. The number of anilines is 2. The molecule has 4 heterocycles. The van der Waals surface area contributed by atoms with Crippen molar-refractivity contribution >= 4 is 56.8 Å². The van der Waals surface area contributed by atoms with Gasteiger partial charge in [0, 0.05) is 31.6 Å². The van der Waals surface area contributed by atoms with E-state index >= 15 is 0 Å². The lowest BCUT2D eigenvalue weighted by Gasteiger charge is -2.36. The number of nitrogens with zero attached hydrogens (tertiary/aromatic N) is 4. The Morgan fingerprint density at radius 3 is 2.81 bits per heavy atom. The Labute approximate surface area is 219 Å². The van der Waals surface area contributed by atoms with Crippen LogP contribution >= 0.6 is 23.1 Å². The van der Waals surface area contributed by atoms with Crippen molar-refractivity contribution in [2.75, 3.05) is 55.3 Å². The summed E-state index contributed by atoms with van der Waals surface area (Å²) in [6, 6.07) is 12.5. The van der Waals surface area contributed by atoms with Gasteiger partial charge in [0.25, 0.3) is 5.91 Å². The molecular formula is C26H31N5O3S2. The molecule has 36 heavy (non-hydrogen) atoms. The van der Waals surface area contributed by atoms with E-state index in [2.05, 4.69) is 39.4 Å². The summed E-state index contributed by atoms with van der Waals surface area (Å²) in [5, 5.41) is 7.31. The highest BCUT2D eigenvalue weighted by Gasteiger charge is 2.39.